The van der Waals surface area contributed by atoms with E-state index in [1.807, 2.05) is 11.6 Å². The van der Waals surface area contributed by atoms with Gasteiger partial charge in [-0.3, -0.25) is 4.99 Å². The average molecular weight is 392 g/mol. The molecule has 1 aliphatic heterocycles. The van der Waals surface area contributed by atoms with Gasteiger partial charge in [0.15, 0.2) is 11.8 Å². The Labute approximate surface area is 163 Å². The van der Waals surface area contributed by atoms with E-state index in [0.717, 1.165) is 31.3 Å². The molecule has 1 unspecified atom stereocenters. The van der Waals surface area contributed by atoms with E-state index in [1.54, 1.807) is 7.11 Å². The number of aryl methyl sites for hydroxylation is 1. The van der Waals surface area contributed by atoms with E-state index in [9.17, 15) is 8.78 Å². The molecule has 2 heterocycles. The number of nitrogens with one attached hydrogen (secondary N) is 2. The highest BCUT2D eigenvalue weighted by molar-refractivity contribution is 5.80. The van der Waals surface area contributed by atoms with E-state index in [1.165, 1.54) is 12.1 Å². The molecule has 0 spiro atoms. The van der Waals surface area contributed by atoms with E-state index in [-0.39, 0.29) is 6.04 Å². The zero-order chi connectivity index (χ0) is 19.9. The van der Waals surface area contributed by atoms with Gasteiger partial charge in [-0.25, -0.2) is 18.4 Å². The van der Waals surface area contributed by atoms with Crippen LogP contribution in [0.5, 0.6) is 0 Å². The Morgan fingerprint density at radius 3 is 2.82 bits per heavy atom. The summed E-state index contributed by atoms with van der Waals surface area (Å²) < 4.78 is 33.6. The second-order valence-electron chi connectivity index (χ2n) is 6.73. The van der Waals surface area contributed by atoms with E-state index >= 15 is 0 Å². The van der Waals surface area contributed by atoms with Crippen molar-refractivity contribution in [1.82, 2.24) is 25.4 Å². The fourth-order valence-electron chi connectivity index (χ4n) is 3.23. The summed E-state index contributed by atoms with van der Waals surface area (Å²) in [5.74, 6) is 1.22. The lowest BCUT2D eigenvalue weighted by Crippen LogP contribution is -2.47. The molecule has 152 valence electrons. The number of hydrogen-bond acceptors (Lipinski definition) is 4. The lowest BCUT2D eigenvalue weighted by atomic mass is 10.1. The summed E-state index contributed by atoms with van der Waals surface area (Å²) in [6, 6.07) is 3.72. The zero-order valence-corrected chi connectivity index (χ0v) is 16.2. The van der Waals surface area contributed by atoms with Crippen LogP contribution in [0.3, 0.4) is 0 Å². The monoisotopic (exact) mass is 392 g/mol. The van der Waals surface area contributed by atoms with Gasteiger partial charge in [0.2, 0.25) is 0 Å². The summed E-state index contributed by atoms with van der Waals surface area (Å²) in [6.07, 6.45) is 2.21. The Bertz CT molecular complexity index is 803. The molecule has 0 aliphatic carbocycles. The molecule has 0 fully saturated rings. The summed E-state index contributed by atoms with van der Waals surface area (Å²) in [6.45, 7) is 4.25. The second kappa shape index (κ2) is 9.59. The first kappa shape index (κ1) is 20.2. The number of halogens is 2. The van der Waals surface area contributed by atoms with Crippen molar-refractivity contribution >= 4 is 5.96 Å². The molecule has 0 radical (unpaired) electrons. The van der Waals surface area contributed by atoms with Crippen LogP contribution in [0.1, 0.15) is 30.6 Å². The molecule has 1 aromatic carbocycles. The number of rotatable bonds is 7. The molecule has 1 atom stereocenters. The molecule has 0 saturated carbocycles. The lowest BCUT2D eigenvalue weighted by molar-refractivity contribution is 0.177. The summed E-state index contributed by atoms with van der Waals surface area (Å²) in [5.41, 5.74) is 0.590. The molecule has 0 saturated heterocycles. The molecule has 0 amide bonds. The second-order valence-corrected chi connectivity index (χ2v) is 6.73. The Balaban J connectivity index is 1.58. The number of aromatic nitrogens is 3. The first-order chi connectivity index (χ1) is 13.6. The fourth-order valence-corrected chi connectivity index (χ4v) is 3.23. The van der Waals surface area contributed by atoms with Gasteiger partial charge in [-0.15, -0.1) is 0 Å². The summed E-state index contributed by atoms with van der Waals surface area (Å²) >= 11 is 0. The predicted molar refractivity (Wildman–Crippen MR) is 102 cm³/mol. The van der Waals surface area contributed by atoms with E-state index in [4.69, 9.17) is 4.74 Å². The first-order valence-electron chi connectivity index (χ1n) is 9.48. The highest BCUT2D eigenvalue weighted by Gasteiger charge is 2.22. The van der Waals surface area contributed by atoms with Crippen molar-refractivity contribution in [2.75, 3.05) is 20.2 Å². The standard InChI is InChI=1S/C19H26F2N6O/c1-3-22-19(23-7-6-13-8-14(20)10-15(21)9-13)24-16-4-5-18-25-17(12-28-2)26-27(18)11-16/h8-10,16H,3-7,11-12H2,1-2H3,(H2,22,23,24). The molecule has 3 rings (SSSR count). The topological polar surface area (TPSA) is 76.4 Å². The number of guanidine groups is 1. The predicted octanol–water partition coefficient (Wildman–Crippen LogP) is 1.82. The molecule has 2 N–H and O–H groups in total. The van der Waals surface area contributed by atoms with Gasteiger partial charge >= 0.3 is 0 Å². The van der Waals surface area contributed by atoms with Crippen LogP contribution in [-0.2, 0) is 30.7 Å². The number of methoxy groups -OCH3 is 1. The average Bonchev–Trinajstić information content (AvgIpc) is 3.03. The van der Waals surface area contributed by atoms with Crippen molar-refractivity contribution in [3.63, 3.8) is 0 Å². The van der Waals surface area contributed by atoms with Crippen LogP contribution in [0, 0.1) is 11.6 Å². The van der Waals surface area contributed by atoms with E-state index < -0.39 is 11.6 Å². The van der Waals surface area contributed by atoms with Gasteiger partial charge < -0.3 is 15.4 Å². The Kier molecular flexibility index (Phi) is 6.91. The van der Waals surface area contributed by atoms with Crippen molar-refractivity contribution in [2.45, 2.75) is 45.4 Å². The number of nitrogens with zero attached hydrogens (tertiary/aromatic N) is 4. The molecule has 1 aromatic heterocycles. The van der Waals surface area contributed by atoms with Gasteiger partial charge in [0.25, 0.3) is 0 Å². The molecular formula is C19H26F2N6O. The molecule has 28 heavy (non-hydrogen) atoms. The van der Waals surface area contributed by atoms with Crippen LogP contribution in [0.4, 0.5) is 8.78 Å². The molecule has 7 nitrogen and oxygen atoms in total. The van der Waals surface area contributed by atoms with Crippen LogP contribution in [0.2, 0.25) is 0 Å². The van der Waals surface area contributed by atoms with Crippen LogP contribution in [0.25, 0.3) is 0 Å². The third kappa shape index (κ3) is 5.48. The van der Waals surface area contributed by atoms with Crippen molar-refractivity contribution in [3.8, 4) is 0 Å². The summed E-state index contributed by atoms with van der Waals surface area (Å²) in [4.78, 5) is 9.02. The molecule has 2 aromatic rings. The van der Waals surface area contributed by atoms with Gasteiger partial charge in [-0.05, 0) is 37.5 Å². The Morgan fingerprint density at radius 1 is 1.32 bits per heavy atom. The lowest BCUT2D eigenvalue weighted by Gasteiger charge is -2.25. The minimum absolute atomic E-state index is 0.175. The van der Waals surface area contributed by atoms with Gasteiger partial charge in [-0.1, -0.05) is 0 Å². The normalized spacial score (nSPS) is 16.7. The number of fused-ring (bicyclic) bond motifs is 1. The summed E-state index contributed by atoms with van der Waals surface area (Å²) in [5, 5.41) is 11.1. The third-order valence-corrected chi connectivity index (χ3v) is 4.45. The molecule has 0 bridgehead atoms. The maximum absolute atomic E-state index is 13.3. The van der Waals surface area contributed by atoms with Crippen LogP contribution in [-0.4, -0.2) is 47.0 Å². The number of hydrogen-bond donors (Lipinski definition) is 2. The minimum atomic E-state index is -0.567. The highest BCUT2D eigenvalue weighted by atomic mass is 19.1. The van der Waals surface area contributed by atoms with E-state index in [2.05, 4.69) is 25.7 Å². The van der Waals surface area contributed by atoms with E-state index in [0.29, 0.717) is 43.5 Å². The van der Waals surface area contributed by atoms with Gasteiger partial charge in [0, 0.05) is 38.7 Å². The Hall–Kier alpha value is -2.55. The maximum Gasteiger partial charge on any atom is 0.191 e. The van der Waals surface area contributed by atoms with Crippen LogP contribution >= 0.6 is 0 Å². The van der Waals surface area contributed by atoms with Gasteiger partial charge in [0.1, 0.15) is 24.1 Å². The quantitative estimate of drug-likeness (QED) is 0.555. The fraction of sp³-hybridized carbons (Fsp3) is 0.526. The van der Waals surface area contributed by atoms with Crippen molar-refractivity contribution in [2.24, 2.45) is 4.99 Å². The Morgan fingerprint density at radius 2 is 2.11 bits per heavy atom. The largest absolute Gasteiger partial charge is 0.377 e. The van der Waals surface area contributed by atoms with Crippen molar-refractivity contribution < 1.29 is 13.5 Å². The summed E-state index contributed by atoms with van der Waals surface area (Å²) in [7, 11) is 1.63. The number of benzene rings is 1. The minimum Gasteiger partial charge on any atom is -0.377 e. The molecule has 1 aliphatic rings. The molecular weight excluding hydrogens is 366 g/mol. The van der Waals surface area contributed by atoms with Crippen LogP contribution in [0.15, 0.2) is 23.2 Å². The SMILES string of the molecule is CCNC(=NCCc1cc(F)cc(F)c1)NC1CCc2nc(COC)nn2C1. The smallest absolute Gasteiger partial charge is 0.191 e. The van der Waals surface area contributed by atoms with Crippen molar-refractivity contribution in [1.29, 1.82) is 0 Å². The zero-order valence-electron chi connectivity index (χ0n) is 16.2. The maximum atomic E-state index is 13.3. The first-order valence-corrected chi connectivity index (χ1v) is 9.48. The highest BCUT2D eigenvalue weighted by Crippen LogP contribution is 2.13. The van der Waals surface area contributed by atoms with Crippen molar-refractivity contribution in [3.05, 3.63) is 47.0 Å². The van der Waals surface area contributed by atoms with Gasteiger partial charge in [0.05, 0.1) is 6.54 Å². The molecule has 9 heteroatoms. The third-order valence-electron chi connectivity index (χ3n) is 4.45. The number of ether oxygens (including phenoxy) is 1. The van der Waals surface area contributed by atoms with Crippen LogP contribution < -0.4 is 10.6 Å². The van der Waals surface area contributed by atoms with Gasteiger partial charge in [-0.2, -0.15) is 5.10 Å². The number of aliphatic imine (C=N–C) groups is 1.